The van der Waals surface area contributed by atoms with Gasteiger partial charge in [0.1, 0.15) is 30.5 Å². The van der Waals surface area contributed by atoms with E-state index in [4.69, 9.17) is 18.6 Å². The predicted octanol–water partition coefficient (Wildman–Crippen LogP) is 3.92. The molecular weight excluding hydrogens is 384 g/mol. The molecule has 0 bridgehead atoms. The van der Waals surface area contributed by atoms with Gasteiger partial charge in [0, 0.05) is 4.88 Å². The van der Waals surface area contributed by atoms with E-state index in [1.807, 2.05) is 24.3 Å². The molecule has 0 N–H and O–H groups in total. The molecule has 0 unspecified atom stereocenters. The van der Waals surface area contributed by atoms with Crippen LogP contribution in [-0.2, 0) is 16.1 Å². The van der Waals surface area contributed by atoms with Crippen molar-refractivity contribution in [3.8, 4) is 21.9 Å². The molecule has 1 aliphatic heterocycles. The lowest BCUT2D eigenvalue weighted by atomic mass is 10.1. The van der Waals surface area contributed by atoms with Gasteiger partial charge in [0.25, 0.3) is 0 Å². The molecule has 0 amide bonds. The third kappa shape index (κ3) is 3.72. The lowest BCUT2D eigenvalue weighted by Crippen LogP contribution is -2.15. The van der Waals surface area contributed by atoms with E-state index in [0.29, 0.717) is 29.6 Å². The summed E-state index contributed by atoms with van der Waals surface area (Å²) in [5.74, 6) is 0.782. The largest absolute Gasteiger partial charge is 0.486 e. The predicted molar refractivity (Wildman–Crippen MR) is 99.9 cm³/mol. The molecule has 0 fully saturated rings. The molecule has 4 rings (SSSR count). The van der Waals surface area contributed by atoms with Crippen LogP contribution in [0.25, 0.3) is 10.4 Å². The summed E-state index contributed by atoms with van der Waals surface area (Å²) in [6.07, 6.45) is 0. The van der Waals surface area contributed by atoms with Crippen molar-refractivity contribution in [3.63, 3.8) is 0 Å². The first-order valence-electron chi connectivity index (χ1n) is 8.48. The summed E-state index contributed by atoms with van der Waals surface area (Å²) in [5.41, 5.74) is 0.932. The molecule has 0 radical (unpaired) electrons. The van der Waals surface area contributed by atoms with Gasteiger partial charge < -0.3 is 23.4 Å². The molecule has 144 valence electrons. The Morgan fingerprint density at radius 2 is 1.82 bits per heavy atom. The number of rotatable bonds is 5. The molecule has 3 aromatic rings. The Kier molecular flexibility index (Phi) is 5.03. The maximum Gasteiger partial charge on any atom is 0.373 e. The average molecular weight is 400 g/mol. The Balaban J connectivity index is 1.42. The van der Waals surface area contributed by atoms with Crippen molar-refractivity contribution >= 4 is 23.3 Å². The van der Waals surface area contributed by atoms with Gasteiger partial charge >= 0.3 is 11.9 Å². The van der Waals surface area contributed by atoms with Gasteiger partial charge in [-0.1, -0.05) is 0 Å². The molecule has 0 saturated heterocycles. The van der Waals surface area contributed by atoms with Crippen LogP contribution in [0.15, 0.2) is 46.9 Å². The van der Waals surface area contributed by atoms with Crippen LogP contribution in [0.3, 0.4) is 0 Å². The number of carbonyl (C=O) groups excluding carboxylic acids is 2. The third-order valence-corrected chi connectivity index (χ3v) is 5.14. The smallest absolute Gasteiger partial charge is 0.373 e. The number of thiophene rings is 1. The van der Waals surface area contributed by atoms with Gasteiger partial charge in [-0.25, -0.2) is 9.59 Å². The first-order valence-corrected chi connectivity index (χ1v) is 9.29. The normalized spacial score (nSPS) is 12.5. The monoisotopic (exact) mass is 400 g/mol. The minimum absolute atomic E-state index is 0.0607. The van der Waals surface area contributed by atoms with Crippen LogP contribution in [0.2, 0.25) is 0 Å². The summed E-state index contributed by atoms with van der Waals surface area (Å²) in [7, 11) is 1.26. The van der Waals surface area contributed by atoms with Gasteiger partial charge in [-0.15, -0.1) is 11.3 Å². The molecule has 3 heterocycles. The summed E-state index contributed by atoms with van der Waals surface area (Å²) < 4.78 is 26.2. The van der Waals surface area contributed by atoms with Crippen molar-refractivity contribution in [1.82, 2.24) is 0 Å². The number of hydrogen-bond acceptors (Lipinski definition) is 8. The first kappa shape index (κ1) is 18.1. The lowest BCUT2D eigenvalue weighted by molar-refractivity contribution is 0.0444. The molecule has 1 aromatic carbocycles. The lowest BCUT2D eigenvalue weighted by Gasteiger charge is -2.18. The Labute approximate surface area is 164 Å². The minimum atomic E-state index is -0.583. The van der Waals surface area contributed by atoms with Crippen molar-refractivity contribution in [1.29, 1.82) is 0 Å². The Morgan fingerprint density at radius 1 is 1.00 bits per heavy atom. The maximum absolute atomic E-state index is 12.3. The topological polar surface area (TPSA) is 84.2 Å². The SMILES string of the molecule is COC(=O)c1ccc(COC(=O)c2ccc(-c3ccc4c(c3)OCCO4)s2)o1. The number of methoxy groups -OCH3 is 1. The van der Waals surface area contributed by atoms with Crippen LogP contribution in [0.1, 0.15) is 26.0 Å². The number of esters is 2. The minimum Gasteiger partial charge on any atom is -0.486 e. The van der Waals surface area contributed by atoms with Gasteiger partial charge in [0.05, 0.1) is 7.11 Å². The highest BCUT2D eigenvalue weighted by molar-refractivity contribution is 7.17. The summed E-state index contributed by atoms with van der Waals surface area (Å²) in [4.78, 5) is 25.1. The fourth-order valence-electron chi connectivity index (χ4n) is 2.67. The third-order valence-electron chi connectivity index (χ3n) is 4.03. The van der Waals surface area contributed by atoms with Gasteiger partial charge in [-0.2, -0.15) is 0 Å². The van der Waals surface area contributed by atoms with Crippen molar-refractivity contribution < 1.29 is 33.0 Å². The molecule has 0 aliphatic carbocycles. The van der Waals surface area contributed by atoms with Gasteiger partial charge in [0.15, 0.2) is 11.5 Å². The van der Waals surface area contributed by atoms with E-state index < -0.39 is 11.9 Å². The molecule has 7 nitrogen and oxygen atoms in total. The second-order valence-corrected chi connectivity index (χ2v) is 6.94. The van der Waals surface area contributed by atoms with E-state index in [1.165, 1.54) is 24.5 Å². The highest BCUT2D eigenvalue weighted by Gasteiger charge is 2.17. The van der Waals surface area contributed by atoms with E-state index in [9.17, 15) is 9.59 Å². The molecule has 0 saturated carbocycles. The molecule has 1 aliphatic rings. The van der Waals surface area contributed by atoms with Gasteiger partial charge in [0.2, 0.25) is 5.76 Å². The van der Waals surface area contributed by atoms with Gasteiger partial charge in [-0.05, 0) is 48.0 Å². The molecule has 0 spiro atoms. The Bertz CT molecular complexity index is 1020. The highest BCUT2D eigenvalue weighted by Crippen LogP contribution is 2.37. The van der Waals surface area contributed by atoms with E-state index in [-0.39, 0.29) is 12.4 Å². The van der Waals surface area contributed by atoms with Crippen molar-refractivity contribution in [3.05, 3.63) is 58.9 Å². The fourth-order valence-corrected chi connectivity index (χ4v) is 3.57. The standard InChI is InChI=1S/C20H16O7S/c1-23-19(21)15-5-3-13(27-15)11-26-20(22)18-7-6-17(28-18)12-2-4-14-16(10-12)25-9-8-24-14/h2-7,10H,8-9,11H2,1H3. The fraction of sp³-hybridized carbons (Fsp3) is 0.200. The van der Waals surface area contributed by atoms with Crippen LogP contribution in [0.5, 0.6) is 11.5 Å². The van der Waals surface area contributed by atoms with Crippen LogP contribution in [0, 0.1) is 0 Å². The highest BCUT2D eigenvalue weighted by atomic mass is 32.1. The quantitative estimate of drug-likeness (QED) is 0.600. The number of furan rings is 1. The number of hydrogen-bond donors (Lipinski definition) is 0. The van der Waals surface area contributed by atoms with E-state index >= 15 is 0 Å². The summed E-state index contributed by atoms with van der Waals surface area (Å²) >= 11 is 1.32. The zero-order valence-corrected chi connectivity index (χ0v) is 15.7. The zero-order valence-electron chi connectivity index (χ0n) is 14.9. The molecule has 28 heavy (non-hydrogen) atoms. The zero-order chi connectivity index (χ0) is 19.5. The van der Waals surface area contributed by atoms with Crippen molar-refractivity contribution in [2.24, 2.45) is 0 Å². The summed E-state index contributed by atoms with van der Waals surface area (Å²) in [6, 6.07) is 12.3. The van der Waals surface area contributed by atoms with Crippen molar-refractivity contribution in [2.45, 2.75) is 6.61 Å². The second-order valence-electron chi connectivity index (χ2n) is 5.86. The first-order chi connectivity index (χ1) is 13.6. The summed E-state index contributed by atoms with van der Waals surface area (Å²) in [6.45, 7) is 0.980. The van der Waals surface area contributed by atoms with Gasteiger partial charge in [-0.3, -0.25) is 0 Å². The number of fused-ring (bicyclic) bond motifs is 1. The van der Waals surface area contributed by atoms with Crippen molar-refractivity contribution in [2.75, 3.05) is 20.3 Å². The van der Waals surface area contributed by atoms with Crippen LogP contribution < -0.4 is 9.47 Å². The maximum atomic E-state index is 12.3. The Hall–Kier alpha value is -3.26. The Morgan fingerprint density at radius 3 is 2.64 bits per heavy atom. The van der Waals surface area contributed by atoms with E-state index in [0.717, 1.165) is 16.2 Å². The number of ether oxygens (including phenoxy) is 4. The molecule has 0 atom stereocenters. The van der Waals surface area contributed by atoms with Crippen LogP contribution >= 0.6 is 11.3 Å². The summed E-state index contributed by atoms with van der Waals surface area (Å²) in [5, 5.41) is 0. The second kappa shape index (κ2) is 7.77. The molecule has 2 aromatic heterocycles. The number of carbonyl (C=O) groups is 2. The van der Waals surface area contributed by atoms with E-state index in [2.05, 4.69) is 4.74 Å². The number of benzene rings is 1. The average Bonchev–Trinajstić information content (AvgIpc) is 3.41. The van der Waals surface area contributed by atoms with Crippen LogP contribution in [0.4, 0.5) is 0 Å². The molecule has 8 heteroatoms. The van der Waals surface area contributed by atoms with Crippen LogP contribution in [-0.4, -0.2) is 32.3 Å². The molecular formula is C20H16O7S. The van der Waals surface area contributed by atoms with E-state index in [1.54, 1.807) is 12.1 Å².